The van der Waals surface area contributed by atoms with E-state index in [2.05, 4.69) is 58.3 Å². The molecule has 150 valence electrons. The van der Waals surface area contributed by atoms with Crippen LogP contribution in [0.4, 0.5) is 0 Å². The summed E-state index contributed by atoms with van der Waals surface area (Å²) in [5, 5.41) is 8.63. The first-order chi connectivity index (χ1) is 15.2. The van der Waals surface area contributed by atoms with E-state index in [1.54, 1.807) is 24.8 Å². The molecule has 5 aromatic rings. The fourth-order valence-corrected chi connectivity index (χ4v) is 3.65. The van der Waals surface area contributed by atoms with Gasteiger partial charge in [0.15, 0.2) is 0 Å². The first kappa shape index (κ1) is 18.9. The van der Waals surface area contributed by atoms with Crippen LogP contribution in [0.5, 0.6) is 0 Å². The number of hydrogen-bond donors (Lipinski definition) is 0. The third-order valence-corrected chi connectivity index (χ3v) is 5.38. The summed E-state index contributed by atoms with van der Waals surface area (Å²) in [5.41, 5.74) is 8.58. The largest absolute Gasteiger partial charge is 0.416 e. The van der Waals surface area contributed by atoms with Gasteiger partial charge in [-0.15, -0.1) is 10.2 Å². The van der Waals surface area contributed by atoms with Crippen LogP contribution in [0.15, 0.2) is 89.9 Å². The Balaban J connectivity index is 1.52. The standard InChI is InChI=1S/C26H20N4O/c1-17-3-5-21(15-23(17)19-7-11-27-12-8-19)25-29-30-26(31-25)22-6-4-18(2)24(16-22)20-9-13-28-14-10-20/h3-16H,1-2H3. The molecule has 0 aliphatic carbocycles. The zero-order valence-corrected chi connectivity index (χ0v) is 17.3. The molecule has 0 bridgehead atoms. The zero-order valence-electron chi connectivity index (χ0n) is 17.3. The van der Waals surface area contributed by atoms with Crippen LogP contribution in [0.1, 0.15) is 11.1 Å². The van der Waals surface area contributed by atoms with E-state index >= 15 is 0 Å². The number of aromatic nitrogens is 4. The molecule has 0 spiro atoms. The van der Waals surface area contributed by atoms with Crippen LogP contribution < -0.4 is 0 Å². The van der Waals surface area contributed by atoms with Crippen LogP contribution in [-0.4, -0.2) is 20.2 Å². The first-order valence-electron chi connectivity index (χ1n) is 10.1. The van der Waals surface area contributed by atoms with Gasteiger partial charge in [0.2, 0.25) is 11.8 Å². The molecule has 0 saturated carbocycles. The number of hydrogen-bond acceptors (Lipinski definition) is 5. The maximum atomic E-state index is 6.07. The van der Waals surface area contributed by atoms with Crippen molar-refractivity contribution in [2.24, 2.45) is 0 Å². The van der Waals surface area contributed by atoms with Gasteiger partial charge in [0.1, 0.15) is 0 Å². The molecule has 5 nitrogen and oxygen atoms in total. The third-order valence-electron chi connectivity index (χ3n) is 5.38. The predicted octanol–water partition coefficient (Wildman–Crippen LogP) is 6.14. The van der Waals surface area contributed by atoms with Gasteiger partial charge in [-0.3, -0.25) is 9.97 Å². The lowest BCUT2D eigenvalue weighted by molar-refractivity contribution is 0.584. The maximum absolute atomic E-state index is 6.07. The fraction of sp³-hybridized carbons (Fsp3) is 0.0769. The monoisotopic (exact) mass is 404 g/mol. The van der Waals surface area contributed by atoms with E-state index < -0.39 is 0 Å². The van der Waals surface area contributed by atoms with E-state index in [-0.39, 0.29) is 0 Å². The van der Waals surface area contributed by atoms with Crippen molar-refractivity contribution in [2.45, 2.75) is 13.8 Å². The van der Waals surface area contributed by atoms with Gasteiger partial charge in [-0.1, -0.05) is 12.1 Å². The summed E-state index contributed by atoms with van der Waals surface area (Å²) in [7, 11) is 0. The zero-order chi connectivity index (χ0) is 21.2. The third kappa shape index (κ3) is 3.73. The summed E-state index contributed by atoms with van der Waals surface area (Å²) in [5.74, 6) is 0.993. The number of benzene rings is 2. The van der Waals surface area contributed by atoms with Crippen molar-refractivity contribution >= 4 is 0 Å². The second kappa shape index (κ2) is 7.95. The Kier molecular flexibility index (Phi) is 4.84. The molecule has 31 heavy (non-hydrogen) atoms. The van der Waals surface area contributed by atoms with Gasteiger partial charge in [-0.05, 0) is 95.8 Å². The first-order valence-corrected chi connectivity index (χ1v) is 10.1. The van der Waals surface area contributed by atoms with Gasteiger partial charge in [0, 0.05) is 35.9 Å². The van der Waals surface area contributed by atoms with E-state index in [9.17, 15) is 0 Å². The molecule has 5 rings (SSSR count). The summed E-state index contributed by atoms with van der Waals surface area (Å²) >= 11 is 0. The average molecular weight is 404 g/mol. The maximum Gasteiger partial charge on any atom is 0.248 e. The molecule has 0 fully saturated rings. The summed E-state index contributed by atoms with van der Waals surface area (Å²) in [6, 6.07) is 20.3. The highest BCUT2D eigenvalue weighted by Gasteiger charge is 2.14. The van der Waals surface area contributed by atoms with Crippen molar-refractivity contribution in [3.05, 3.63) is 96.6 Å². The highest BCUT2D eigenvalue weighted by molar-refractivity contribution is 5.74. The second-order valence-corrected chi connectivity index (χ2v) is 7.44. The molecule has 3 heterocycles. The van der Waals surface area contributed by atoms with E-state index in [1.165, 1.54) is 11.1 Å². The summed E-state index contributed by atoms with van der Waals surface area (Å²) in [6.07, 6.45) is 7.18. The van der Waals surface area contributed by atoms with Gasteiger partial charge in [-0.25, -0.2) is 0 Å². The second-order valence-electron chi connectivity index (χ2n) is 7.44. The lowest BCUT2D eigenvalue weighted by atomic mass is 9.99. The van der Waals surface area contributed by atoms with Crippen LogP contribution in [-0.2, 0) is 0 Å². The highest BCUT2D eigenvalue weighted by Crippen LogP contribution is 2.32. The molecule has 0 amide bonds. The van der Waals surface area contributed by atoms with Crippen molar-refractivity contribution in [1.29, 1.82) is 0 Å². The van der Waals surface area contributed by atoms with Crippen LogP contribution in [0.3, 0.4) is 0 Å². The minimum atomic E-state index is 0.497. The molecular formula is C26H20N4O. The van der Waals surface area contributed by atoms with Crippen molar-refractivity contribution < 1.29 is 4.42 Å². The average Bonchev–Trinajstić information content (AvgIpc) is 3.31. The van der Waals surface area contributed by atoms with E-state index in [4.69, 9.17) is 4.42 Å². The minimum Gasteiger partial charge on any atom is -0.416 e. The number of pyridine rings is 2. The predicted molar refractivity (Wildman–Crippen MR) is 121 cm³/mol. The molecule has 0 unspecified atom stereocenters. The molecule has 5 heteroatoms. The van der Waals surface area contributed by atoms with Gasteiger partial charge in [-0.2, -0.15) is 0 Å². The van der Waals surface area contributed by atoms with E-state index in [0.717, 1.165) is 33.4 Å². The van der Waals surface area contributed by atoms with Crippen molar-refractivity contribution in [2.75, 3.05) is 0 Å². The molecular weight excluding hydrogens is 384 g/mol. The molecule has 2 aromatic carbocycles. The Hall–Kier alpha value is -4.12. The van der Waals surface area contributed by atoms with Crippen LogP contribution in [0.2, 0.25) is 0 Å². The molecule has 0 saturated heterocycles. The Morgan fingerprint density at radius 1 is 0.516 bits per heavy atom. The lowest BCUT2D eigenvalue weighted by Crippen LogP contribution is -1.86. The van der Waals surface area contributed by atoms with Gasteiger partial charge in [0.05, 0.1) is 0 Å². The molecule has 0 aliphatic rings. The molecule has 3 aromatic heterocycles. The minimum absolute atomic E-state index is 0.497. The van der Waals surface area contributed by atoms with Crippen LogP contribution in [0, 0.1) is 13.8 Å². The van der Waals surface area contributed by atoms with Crippen molar-refractivity contribution in [3.63, 3.8) is 0 Å². The molecule has 0 N–H and O–H groups in total. The number of nitrogens with zero attached hydrogens (tertiary/aromatic N) is 4. The molecule has 0 aliphatic heterocycles. The molecule has 0 radical (unpaired) electrons. The lowest BCUT2D eigenvalue weighted by Gasteiger charge is -2.08. The topological polar surface area (TPSA) is 64.7 Å². The van der Waals surface area contributed by atoms with Gasteiger partial charge >= 0.3 is 0 Å². The van der Waals surface area contributed by atoms with E-state index in [0.29, 0.717) is 11.8 Å². The Morgan fingerprint density at radius 3 is 1.35 bits per heavy atom. The Bertz CT molecular complexity index is 1240. The van der Waals surface area contributed by atoms with Gasteiger partial charge in [0.25, 0.3) is 0 Å². The number of aryl methyl sites for hydroxylation is 2. The quantitative estimate of drug-likeness (QED) is 0.360. The fourth-order valence-electron chi connectivity index (χ4n) is 3.65. The van der Waals surface area contributed by atoms with Crippen molar-refractivity contribution in [3.8, 4) is 45.2 Å². The summed E-state index contributed by atoms with van der Waals surface area (Å²) in [6.45, 7) is 4.18. The SMILES string of the molecule is Cc1ccc(-c2nnc(-c3ccc(C)c(-c4ccncc4)c3)o2)cc1-c1ccncc1. The summed E-state index contributed by atoms with van der Waals surface area (Å²) < 4.78 is 6.07. The van der Waals surface area contributed by atoms with Crippen LogP contribution >= 0.6 is 0 Å². The normalized spacial score (nSPS) is 10.9. The highest BCUT2D eigenvalue weighted by atomic mass is 16.4. The Morgan fingerprint density at radius 2 is 0.935 bits per heavy atom. The number of rotatable bonds is 4. The molecule has 0 atom stereocenters. The van der Waals surface area contributed by atoms with Crippen LogP contribution in [0.25, 0.3) is 45.2 Å². The van der Waals surface area contributed by atoms with Crippen molar-refractivity contribution in [1.82, 2.24) is 20.2 Å². The smallest absolute Gasteiger partial charge is 0.248 e. The summed E-state index contributed by atoms with van der Waals surface area (Å²) in [4.78, 5) is 8.22. The Labute approximate surface area is 180 Å². The van der Waals surface area contributed by atoms with Gasteiger partial charge < -0.3 is 4.42 Å². The van der Waals surface area contributed by atoms with E-state index in [1.807, 2.05) is 36.4 Å².